The Hall–Kier alpha value is -2.20. The molecule has 0 radical (unpaired) electrons. The Labute approximate surface area is 111 Å². The molecule has 4 heteroatoms. The van der Waals surface area contributed by atoms with Gasteiger partial charge in [-0.3, -0.25) is 0 Å². The molecular formula is C15H15NO3. The fourth-order valence-electron chi connectivity index (χ4n) is 1.92. The fraction of sp³-hybridized carbons (Fsp3) is 0.200. The van der Waals surface area contributed by atoms with Gasteiger partial charge in [0.15, 0.2) is 11.5 Å². The van der Waals surface area contributed by atoms with Crippen LogP contribution < -0.4 is 19.9 Å². The zero-order valence-corrected chi connectivity index (χ0v) is 10.5. The third-order valence-corrected chi connectivity index (χ3v) is 3.00. The van der Waals surface area contributed by atoms with Gasteiger partial charge in [0, 0.05) is 6.54 Å². The number of hydrogen-bond acceptors (Lipinski definition) is 4. The molecule has 0 bridgehead atoms. The van der Waals surface area contributed by atoms with E-state index in [0.717, 1.165) is 28.4 Å². The first kappa shape index (κ1) is 11.9. The van der Waals surface area contributed by atoms with E-state index < -0.39 is 0 Å². The summed E-state index contributed by atoms with van der Waals surface area (Å²) in [6.45, 7) is 1.33. The highest BCUT2D eigenvalue weighted by atomic mass is 16.7. The van der Waals surface area contributed by atoms with Crippen LogP contribution in [0.25, 0.3) is 0 Å². The van der Waals surface area contributed by atoms with Crippen molar-refractivity contribution in [3.05, 3.63) is 53.6 Å². The molecule has 19 heavy (non-hydrogen) atoms. The van der Waals surface area contributed by atoms with Gasteiger partial charge in [0.25, 0.3) is 0 Å². The standard InChI is InChI=1S/C15H15NO3/c16-8-11-1-4-13(5-2-11)17-9-12-3-6-14-15(7-12)19-10-18-14/h1-7H,8-10,16H2. The minimum Gasteiger partial charge on any atom is -0.489 e. The van der Waals surface area contributed by atoms with E-state index in [1.807, 2.05) is 42.5 Å². The largest absolute Gasteiger partial charge is 0.489 e. The number of nitrogens with two attached hydrogens (primary N) is 1. The minimum atomic E-state index is 0.292. The molecule has 2 aromatic rings. The Bertz CT molecular complexity index is 566. The lowest BCUT2D eigenvalue weighted by molar-refractivity contribution is 0.174. The number of fused-ring (bicyclic) bond motifs is 1. The third kappa shape index (κ3) is 2.63. The van der Waals surface area contributed by atoms with Crippen LogP contribution in [0.4, 0.5) is 0 Å². The van der Waals surface area contributed by atoms with Crippen LogP contribution in [0, 0.1) is 0 Å². The summed E-state index contributed by atoms with van der Waals surface area (Å²) in [6.07, 6.45) is 0. The molecule has 4 nitrogen and oxygen atoms in total. The van der Waals surface area contributed by atoms with Gasteiger partial charge in [0.1, 0.15) is 12.4 Å². The van der Waals surface area contributed by atoms with Crippen molar-refractivity contribution in [3.8, 4) is 17.2 Å². The van der Waals surface area contributed by atoms with Crippen LogP contribution in [0.1, 0.15) is 11.1 Å². The smallest absolute Gasteiger partial charge is 0.231 e. The molecule has 98 valence electrons. The van der Waals surface area contributed by atoms with E-state index >= 15 is 0 Å². The molecule has 2 aromatic carbocycles. The fourth-order valence-corrected chi connectivity index (χ4v) is 1.92. The molecule has 0 unspecified atom stereocenters. The third-order valence-electron chi connectivity index (χ3n) is 3.00. The molecule has 0 amide bonds. The van der Waals surface area contributed by atoms with Crippen molar-refractivity contribution in [3.63, 3.8) is 0 Å². The molecule has 0 spiro atoms. The first-order valence-electron chi connectivity index (χ1n) is 6.15. The summed E-state index contributed by atoms with van der Waals surface area (Å²) in [5, 5.41) is 0. The lowest BCUT2D eigenvalue weighted by Crippen LogP contribution is -1.98. The van der Waals surface area contributed by atoms with Gasteiger partial charge in [0.05, 0.1) is 0 Å². The second-order valence-electron chi connectivity index (χ2n) is 4.32. The highest BCUT2D eigenvalue weighted by Crippen LogP contribution is 2.32. The zero-order valence-electron chi connectivity index (χ0n) is 10.5. The number of hydrogen-bond donors (Lipinski definition) is 1. The summed E-state index contributed by atoms with van der Waals surface area (Å²) in [5.74, 6) is 2.39. The molecule has 0 fully saturated rings. The molecule has 1 aliphatic rings. The van der Waals surface area contributed by atoms with E-state index in [1.54, 1.807) is 0 Å². The van der Waals surface area contributed by atoms with Crippen molar-refractivity contribution in [2.45, 2.75) is 13.2 Å². The van der Waals surface area contributed by atoms with E-state index in [9.17, 15) is 0 Å². The van der Waals surface area contributed by atoms with Gasteiger partial charge in [0.2, 0.25) is 6.79 Å². The van der Waals surface area contributed by atoms with Crippen molar-refractivity contribution in [2.24, 2.45) is 5.73 Å². The van der Waals surface area contributed by atoms with Gasteiger partial charge >= 0.3 is 0 Å². The van der Waals surface area contributed by atoms with Crippen molar-refractivity contribution in [2.75, 3.05) is 6.79 Å². The van der Waals surface area contributed by atoms with E-state index in [1.165, 1.54) is 0 Å². The van der Waals surface area contributed by atoms with Crippen LogP contribution in [0.2, 0.25) is 0 Å². The Morgan fingerprint density at radius 3 is 2.47 bits per heavy atom. The molecule has 0 saturated heterocycles. The number of benzene rings is 2. The summed E-state index contributed by atoms with van der Waals surface area (Å²) in [4.78, 5) is 0. The van der Waals surface area contributed by atoms with Gasteiger partial charge in [-0.2, -0.15) is 0 Å². The maximum atomic E-state index is 5.71. The van der Waals surface area contributed by atoms with Crippen LogP contribution in [-0.2, 0) is 13.2 Å². The van der Waals surface area contributed by atoms with Gasteiger partial charge in [-0.15, -0.1) is 0 Å². The second-order valence-corrected chi connectivity index (χ2v) is 4.32. The van der Waals surface area contributed by atoms with Gasteiger partial charge < -0.3 is 19.9 Å². The highest BCUT2D eigenvalue weighted by Gasteiger charge is 2.13. The van der Waals surface area contributed by atoms with E-state index in [4.69, 9.17) is 19.9 Å². The predicted octanol–water partition coefficient (Wildman–Crippen LogP) is 2.45. The summed E-state index contributed by atoms with van der Waals surface area (Å²) in [6, 6.07) is 13.6. The monoisotopic (exact) mass is 257 g/mol. The van der Waals surface area contributed by atoms with Crippen molar-refractivity contribution in [1.82, 2.24) is 0 Å². The molecule has 3 rings (SSSR count). The summed E-state index contributed by atoms with van der Waals surface area (Å²) < 4.78 is 16.3. The van der Waals surface area contributed by atoms with Crippen molar-refractivity contribution in [1.29, 1.82) is 0 Å². The molecule has 0 saturated carbocycles. The maximum absolute atomic E-state index is 5.71. The molecule has 2 N–H and O–H groups in total. The van der Waals surface area contributed by atoms with Crippen LogP contribution in [-0.4, -0.2) is 6.79 Å². The van der Waals surface area contributed by atoms with E-state index in [-0.39, 0.29) is 0 Å². The van der Waals surface area contributed by atoms with Crippen LogP contribution in [0.5, 0.6) is 17.2 Å². The van der Waals surface area contributed by atoms with Crippen molar-refractivity contribution >= 4 is 0 Å². The topological polar surface area (TPSA) is 53.7 Å². The van der Waals surface area contributed by atoms with E-state index in [0.29, 0.717) is 19.9 Å². The molecule has 0 aliphatic carbocycles. The summed E-state index contributed by atoms with van der Waals surface area (Å²) >= 11 is 0. The minimum absolute atomic E-state index is 0.292. The number of ether oxygens (including phenoxy) is 3. The average Bonchev–Trinajstić information content (AvgIpc) is 2.93. The number of rotatable bonds is 4. The van der Waals surface area contributed by atoms with Crippen LogP contribution in [0.15, 0.2) is 42.5 Å². The molecule has 1 heterocycles. The lowest BCUT2D eigenvalue weighted by atomic mass is 10.2. The normalized spacial score (nSPS) is 12.5. The Kier molecular flexibility index (Phi) is 3.25. The van der Waals surface area contributed by atoms with Gasteiger partial charge in [-0.05, 0) is 35.4 Å². The average molecular weight is 257 g/mol. The first-order valence-corrected chi connectivity index (χ1v) is 6.15. The Balaban J connectivity index is 1.65. The maximum Gasteiger partial charge on any atom is 0.231 e. The predicted molar refractivity (Wildman–Crippen MR) is 71.2 cm³/mol. The SMILES string of the molecule is NCc1ccc(OCc2ccc3c(c2)OCO3)cc1. The summed E-state index contributed by atoms with van der Waals surface area (Å²) in [5.41, 5.74) is 7.69. The molecule has 0 aromatic heterocycles. The second kappa shape index (κ2) is 5.20. The molecular weight excluding hydrogens is 242 g/mol. The first-order chi connectivity index (χ1) is 9.35. The van der Waals surface area contributed by atoms with Crippen molar-refractivity contribution < 1.29 is 14.2 Å². The summed E-state index contributed by atoms with van der Waals surface area (Å²) in [7, 11) is 0. The van der Waals surface area contributed by atoms with E-state index in [2.05, 4.69) is 0 Å². The van der Waals surface area contributed by atoms with Gasteiger partial charge in [-0.25, -0.2) is 0 Å². The zero-order chi connectivity index (χ0) is 13.1. The van der Waals surface area contributed by atoms with Crippen LogP contribution in [0.3, 0.4) is 0 Å². The Morgan fingerprint density at radius 2 is 1.68 bits per heavy atom. The van der Waals surface area contributed by atoms with Crippen LogP contribution >= 0.6 is 0 Å². The molecule has 1 aliphatic heterocycles. The lowest BCUT2D eigenvalue weighted by Gasteiger charge is -2.07. The highest BCUT2D eigenvalue weighted by molar-refractivity contribution is 5.44. The van der Waals surface area contributed by atoms with Gasteiger partial charge in [-0.1, -0.05) is 18.2 Å². The molecule has 0 atom stereocenters. The Morgan fingerprint density at radius 1 is 0.947 bits per heavy atom. The quantitative estimate of drug-likeness (QED) is 0.914.